The molecular weight excluding hydrogens is 246 g/mol. The Morgan fingerprint density at radius 1 is 0.900 bits per heavy atom. The molecule has 0 aliphatic heterocycles. The van der Waals surface area contributed by atoms with Crippen LogP contribution >= 0.6 is 0 Å². The third-order valence-corrected chi connectivity index (χ3v) is 2.92. The maximum atomic E-state index is 9.57. The Morgan fingerprint density at radius 2 is 1.55 bits per heavy atom. The maximum absolute atomic E-state index is 9.57. The molecule has 1 N–H and O–H groups in total. The quantitative estimate of drug-likeness (QED) is 0.610. The number of aliphatic hydroxyl groups excluding tert-OH is 1. The summed E-state index contributed by atoms with van der Waals surface area (Å²) < 4.78 is 0. The van der Waals surface area contributed by atoms with Gasteiger partial charge in [-0.15, -0.1) is 0 Å². The molecule has 0 fully saturated rings. The van der Waals surface area contributed by atoms with Crippen molar-refractivity contribution >= 4 is 0 Å². The molecule has 20 heavy (non-hydrogen) atoms. The van der Waals surface area contributed by atoms with E-state index in [1.54, 1.807) is 0 Å². The summed E-state index contributed by atoms with van der Waals surface area (Å²) >= 11 is 0. The van der Waals surface area contributed by atoms with Gasteiger partial charge in [0, 0.05) is 19.6 Å². The van der Waals surface area contributed by atoms with Crippen molar-refractivity contribution in [2.24, 2.45) is 11.8 Å². The molecule has 116 valence electrons. The second-order valence-electron chi connectivity index (χ2n) is 6.14. The maximum Gasteiger partial charge on any atom is 0.0639 e. The van der Waals surface area contributed by atoms with Gasteiger partial charge in [0.15, 0.2) is 0 Å². The fraction of sp³-hybridized carbons (Fsp3) is 0.667. The summed E-state index contributed by atoms with van der Waals surface area (Å²) in [5.74, 6) is 1.25. The van der Waals surface area contributed by atoms with E-state index in [0.29, 0.717) is 11.8 Å². The molecule has 0 aromatic carbocycles. The summed E-state index contributed by atoms with van der Waals surface area (Å²) in [6, 6.07) is 0. The Kier molecular flexibility index (Phi) is 11.4. The fourth-order valence-electron chi connectivity index (χ4n) is 2.26. The molecule has 0 saturated heterocycles. The van der Waals surface area contributed by atoms with Crippen LogP contribution in [0.15, 0.2) is 36.5 Å². The highest BCUT2D eigenvalue weighted by atomic mass is 16.3. The van der Waals surface area contributed by atoms with Crippen molar-refractivity contribution < 1.29 is 5.11 Å². The second-order valence-corrected chi connectivity index (χ2v) is 6.14. The molecule has 0 radical (unpaired) electrons. The molecule has 2 nitrogen and oxygen atoms in total. The minimum absolute atomic E-state index is 0.250. The van der Waals surface area contributed by atoms with Gasteiger partial charge in [0.2, 0.25) is 0 Å². The van der Waals surface area contributed by atoms with Crippen molar-refractivity contribution in [2.75, 3.05) is 19.6 Å². The second kappa shape index (κ2) is 11.9. The normalized spacial score (nSPS) is 16.2. The van der Waals surface area contributed by atoms with E-state index in [2.05, 4.69) is 43.9 Å². The Balaban J connectivity index is 4.13. The minimum atomic E-state index is -0.250. The van der Waals surface area contributed by atoms with E-state index in [0.717, 1.165) is 26.1 Å². The Hall–Kier alpha value is -0.860. The van der Waals surface area contributed by atoms with Gasteiger partial charge in [0.05, 0.1) is 6.10 Å². The number of allylic oxidation sites excluding steroid dienone is 6. The lowest BCUT2D eigenvalue weighted by Crippen LogP contribution is -2.37. The topological polar surface area (TPSA) is 23.5 Å². The summed E-state index contributed by atoms with van der Waals surface area (Å²) in [4.78, 5) is 2.38. The van der Waals surface area contributed by atoms with E-state index in [1.807, 2.05) is 32.1 Å². The van der Waals surface area contributed by atoms with Gasteiger partial charge in [-0.3, -0.25) is 0 Å². The molecule has 0 heterocycles. The minimum Gasteiger partial charge on any atom is -0.392 e. The van der Waals surface area contributed by atoms with Gasteiger partial charge in [-0.2, -0.15) is 0 Å². The third-order valence-electron chi connectivity index (χ3n) is 2.92. The SMILES string of the molecule is C\C=C/C=C\C=C\CC(C)CN(CC(C)C)CC(C)O. The van der Waals surface area contributed by atoms with Gasteiger partial charge in [-0.05, 0) is 32.1 Å². The predicted molar refractivity (Wildman–Crippen MR) is 89.8 cm³/mol. The van der Waals surface area contributed by atoms with Gasteiger partial charge in [-0.25, -0.2) is 0 Å². The smallest absolute Gasteiger partial charge is 0.0639 e. The molecule has 0 rings (SSSR count). The highest BCUT2D eigenvalue weighted by Gasteiger charge is 2.13. The number of hydrogen-bond acceptors (Lipinski definition) is 2. The number of rotatable bonds is 10. The number of hydrogen-bond donors (Lipinski definition) is 1. The zero-order valence-corrected chi connectivity index (χ0v) is 13.9. The molecule has 0 aliphatic rings. The highest BCUT2D eigenvalue weighted by molar-refractivity contribution is 5.10. The molecule has 0 bridgehead atoms. The van der Waals surface area contributed by atoms with Gasteiger partial charge in [0.25, 0.3) is 0 Å². The molecule has 2 heteroatoms. The van der Waals surface area contributed by atoms with Crippen molar-refractivity contribution in [1.82, 2.24) is 4.90 Å². The molecule has 0 aliphatic carbocycles. The van der Waals surface area contributed by atoms with Crippen molar-refractivity contribution in [1.29, 1.82) is 0 Å². The first kappa shape index (κ1) is 19.1. The lowest BCUT2D eigenvalue weighted by Gasteiger charge is -2.28. The lowest BCUT2D eigenvalue weighted by molar-refractivity contribution is 0.109. The van der Waals surface area contributed by atoms with Gasteiger partial charge < -0.3 is 10.0 Å². The number of aliphatic hydroxyl groups is 1. The predicted octanol–water partition coefficient (Wildman–Crippen LogP) is 4.04. The van der Waals surface area contributed by atoms with Crippen LogP contribution in [0, 0.1) is 11.8 Å². The monoisotopic (exact) mass is 279 g/mol. The summed E-state index contributed by atoms with van der Waals surface area (Å²) in [7, 11) is 0. The Bertz CT molecular complexity index is 293. The van der Waals surface area contributed by atoms with E-state index in [9.17, 15) is 5.11 Å². The molecule has 0 amide bonds. The van der Waals surface area contributed by atoms with Gasteiger partial charge in [0.1, 0.15) is 0 Å². The molecule has 0 saturated carbocycles. The Morgan fingerprint density at radius 3 is 2.10 bits per heavy atom. The van der Waals surface area contributed by atoms with E-state index in [1.165, 1.54) is 0 Å². The first-order valence-corrected chi connectivity index (χ1v) is 7.80. The van der Waals surface area contributed by atoms with Crippen LogP contribution in [0.3, 0.4) is 0 Å². The number of nitrogens with zero attached hydrogens (tertiary/aromatic N) is 1. The van der Waals surface area contributed by atoms with Crippen molar-refractivity contribution in [2.45, 2.75) is 47.1 Å². The standard InChI is InChI=1S/C18H33NO/c1-6-7-8-9-10-11-12-17(4)14-19(13-16(2)3)15-18(5)20/h6-11,16-18,20H,12-15H2,1-5H3/b7-6-,9-8-,11-10+. The first-order valence-electron chi connectivity index (χ1n) is 7.80. The summed E-state index contributed by atoms with van der Waals surface area (Å²) in [5, 5.41) is 9.57. The van der Waals surface area contributed by atoms with Crippen LogP contribution in [-0.4, -0.2) is 35.7 Å². The van der Waals surface area contributed by atoms with Crippen LogP contribution in [0.2, 0.25) is 0 Å². The average Bonchev–Trinajstić information content (AvgIpc) is 2.31. The molecule has 2 unspecified atom stereocenters. The summed E-state index contributed by atoms with van der Waals surface area (Å²) in [6.07, 6.45) is 13.3. The molecule has 0 aromatic heterocycles. The van der Waals surface area contributed by atoms with E-state index in [-0.39, 0.29) is 6.10 Å². The van der Waals surface area contributed by atoms with Crippen LogP contribution in [0.5, 0.6) is 0 Å². The first-order chi connectivity index (χ1) is 9.45. The van der Waals surface area contributed by atoms with Gasteiger partial charge >= 0.3 is 0 Å². The van der Waals surface area contributed by atoms with Crippen LogP contribution in [0.4, 0.5) is 0 Å². The van der Waals surface area contributed by atoms with E-state index in [4.69, 9.17) is 0 Å². The van der Waals surface area contributed by atoms with E-state index >= 15 is 0 Å². The van der Waals surface area contributed by atoms with Gasteiger partial charge in [-0.1, -0.05) is 57.2 Å². The third kappa shape index (κ3) is 12.2. The summed E-state index contributed by atoms with van der Waals surface area (Å²) in [5.41, 5.74) is 0. The van der Waals surface area contributed by atoms with Crippen LogP contribution < -0.4 is 0 Å². The fourth-order valence-corrected chi connectivity index (χ4v) is 2.26. The lowest BCUT2D eigenvalue weighted by atomic mass is 10.1. The zero-order chi connectivity index (χ0) is 15.4. The largest absolute Gasteiger partial charge is 0.392 e. The molecule has 2 atom stereocenters. The Labute approximate surface area is 125 Å². The highest BCUT2D eigenvalue weighted by Crippen LogP contribution is 2.09. The summed E-state index contributed by atoms with van der Waals surface area (Å²) in [6.45, 7) is 13.5. The molecule has 0 aromatic rings. The molecule has 0 spiro atoms. The van der Waals surface area contributed by atoms with E-state index < -0.39 is 0 Å². The van der Waals surface area contributed by atoms with Crippen LogP contribution in [0.1, 0.15) is 41.0 Å². The van der Waals surface area contributed by atoms with Crippen molar-refractivity contribution in [3.8, 4) is 0 Å². The molecular formula is C18H33NO. The van der Waals surface area contributed by atoms with Crippen LogP contribution in [-0.2, 0) is 0 Å². The van der Waals surface area contributed by atoms with Crippen molar-refractivity contribution in [3.63, 3.8) is 0 Å². The zero-order valence-electron chi connectivity index (χ0n) is 13.9. The average molecular weight is 279 g/mol. The van der Waals surface area contributed by atoms with Crippen LogP contribution in [0.25, 0.3) is 0 Å². The van der Waals surface area contributed by atoms with Crippen molar-refractivity contribution in [3.05, 3.63) is 36.5 Å².